The molecule has 1 amide bonds. The minimum Gasteiger partial charge on any atom is -0.469 e. The Hall–Kier alpha value is -1.14. The average molecular weight is 272 g/mol. The van der Waals surface area contributed by atoms with Gasteiger partial charge in [-0.05, 0) is 5.92 Å². The van der Waals surface area contributed by atoms with Gasteiger partial charge in [0.2, 0.25) is 5.91 Å². The van der Waals surface area contributed by atoms with Crippen LogP contribution in [0.4, 0.5) is 0 Å². The zero-order valence-corrected chi connectivity index (χ0v) is 12.0. The van der Waals surface area contributed by atoms with Crippen molar-refractivity contribution >= 4 is 11.9 Å². The fourth-order valence-corrected chi connectivity index (χ4v) is 2.00. The molecule has 1 atom stereocenters. The first-order chi connectivity index (χ1) is 9.04. The third-order valence-corrected chi connectivity index (χ3v) is 2.93. The van der Waals surface area contributed by atoms with Crippen LogP contribution in [0, 0.1) is 5.92 Å². The summed E-state index contributed by atoms with van der Waals surface area (Å²) in [5.74, 6) is 0.0535. The van der Waals surface area contributed by atoms with Gasteiger partial charge in [-0.25, -0.2) is 0 Å². The number of esters is 1. The highest BCUT2D eigenvalue weighted by molar-refractivity contribution is 5.82. The van der Waals surface area contributed by atoms with Crippen LogP contribution in [0.3, 0.4) is 0 Å². The highest BCUT2D eigenvalue weighted by Crippen LogP contribution is 2.06. The predicted molar refractivity (Wildman–Crippen MR) is 70.7 cm³/mol. The molecular formula is C13H24N2O4. The molecule has 1 aliphatic rings. The van der Waals surface area contributed by atoms with Crippen LogP contribution < -0.4 is 5.32 Å². The largest absolute Gasteiger partial charge is 0.469 e. The van der Waals surface area contributed by atoms with E-state index in [0.29, 0.717) is 38.8 Å². The van der Waals surface area contributed by atoms with Crippen molar-refractivity contribution in [1.82, 2.24) is 10.2 Å². The summed E-state index contributed by atoms with van der Waals surface area (Å²) in [5, 5.41) is 3.14. The highest BCUT2D eigenvalue weighted by Gasteiger charge is 2.26. The van der Waals surface area contributed by atoms with Gasteiger partial charge in [0.15, 0.2) is 0 Å². The molecule has 6 heteroatoms. The van der Waals surface area contributed by atoms with Gasteiger partial charge in [0.1, 0.15) is 6.04 Å². The lowest BCUT2D eigenvalue weighted by atomic mass is 10.1. The molecule has 1 aliphatic heterocycles. The Morgan fingerprint density at radius 3 is 2.74 bits per heavy atom. The summed E-state index contributed by atoms with van der Waals surface area (Å²) in [6.45, 7) is 6.83. The molecule has 0 aliphatic carbocycles. The maximum absolute atomic E-state index is 12.4. The van der Waals surface area contributed by atoms with E-state index in [2.05, 4.69) is 10.1 Å². The summed E-state index contributed by atoms with van der Waals surface area (Å²) in [6, 6.07) is -0.301. The van der Waals surface area contributed by atoms with Crippen molar-refractivity contribution in [3.63, 3.8) is 0 Å². The Balaban J connectivity index is 2.55. The molecule has 0 spiro atoms. The summed E-state index contributed by atoms with van der Waals surface area (Å²) >= 11 is 0. The van der Waals surface area contributed by atoms with E-state index in [0.717, 1.165) is 0 Å². The molecule has 6 nitrogen and oxygen atoms in total. The predicted octanol–water partition coefficient (Wildman–Crippen LogP) is 0.0225. The molecule has 0 saturated carbocycles. The molecule has 1 rings (SSSR count). The van der Waals surface area contributed by atoms with E-state index in [1.54, 1.807) is 4.90 Å². The first-order valence-corrected chi connectivity index (χ1v) is 6.71. The fourth-order valence-electron chi connectivity index (χ4n) is 2.00. The van der Waals surface area contributed by atoms with Gasteiger partial charge in [0.25, 0.3) is 0 Å². The Labute approximate surface area is 114 Å². The molecule has 19 heavy (non-hydrogen) atoms. The van der Waals surface area contributed by atoms with Gasteiger partial charge in [-0.15, -0.1) is 0 Å². The SMILES string of the molecule is COC(=O)CCN(CC(C)C)C(=O)C1COCCN1. The maximum atomic E-state index is 12.4. The number of nitrogens with one attached hydrogen (secondary N) is 1. The van der Waals surface area contributed by atoms with Crippen molar-refractivity contribution in [1.29, 1.82) is 0 Å². The van der Waals surface area contributed by atoms with Gasteiger partial charge in [-0.3, -0.25) is 9.59 Å². The monoisotopic (exact) mass is 272 g/mol. The standard InChI is InChI=1S/C13H24N2O4/c1-10(2)8-15(6-4-12(16)18-3)13(17)11-9-19-7-5-14-11/h10-11,14H,4-9H2,1-3H3. The van der Waals surface area contributed by atoms with Crippen LogP contribution in [0.15, 0.2) is 0 Å². The first kappa shape index (κ1) is 15.9. The topological polar surface area (TPSA) is 67.9 Å². The number of methoxy groups -OCH3 is 1. The number of hydrogen-bond acceptors (Lipinski definition) is 5. The normalized spacial score (nSPS) is 19.3. The molecule has 1 N–H and O–H groups in total. The number of rotatable bonds is 6. The minimum atomic E-state index is -0.301. The number of hydrogen-bond donors (Lipinski definition) is 1. The summed E-state index contributed by atoms with van der Waals surface area (Å²) in [4.78, 5) is 25.3. The molecular weight excluding hydrogens is 248 g/mol. The fraction of sp³-hybridized carbons (Fsp3) is 0.846. The quantitative estimate of drug-likeness (QED) is 0.691. The Morgan fingerprint density at radius 1 is 1.47 bits per heavy atom. The van der Waals surface area contributed by atoms with E-state index < -0.39 is 0 Å². The molecule has 0 bridgehead atoms. The zero-order valence-electron chi connectivity index (χ0n) is 12.0. The van der Waals surface area contributed by atoms with Crippen LogP contribution in [-0.2, 0) is 19.1 Å². The number of carbonyl (C=O) groups excluding carboxylic acids is 2. The second-order valence-corrected chi connectivity index (χ2v) is 5.09. The van der Waals surface area contributed by atoms with Crippen molar-refractivity contribution in [3.05, 3.63) is 0 Å². The van der Waals surface area contributed by atoms with Gasteiger partial charge in [0, 0.05) is 19.6 Å². The lowest BCUT2D eigenvalue weighted by Crippen LogP contribution is -2.53. The van der Waals surface area contributed by atoms with E-state index in [4.69, 9.17) is 4.74 Å². The van der Waals surface area contributed by atoms with Crippen molar-refractivity contribution in [2.45, 2.75) is 26.3 Å². The molecule has 1 saturated heterocycles. The van der Waals surface area contributed by atoms with E-state index in [-0.39, 0.29) is 24.3 Å². The molecule has 1 fully saturated rings. The van der Waals surface area contributed by atoms with E-state index in [1.165, 1.54) is 7.11 Å². The van der Waals surface area contributed by atoms with E-state index in [1.807, 2.05) is 13.8 Å². The lowest BCUT2D eigenvalue weighted by Gasteiger charge is -2.31. The molecule has 0 aromatic rings. The van der Waals surface area contributed by atoms with E-state index >= 15 is 0 Å². The minimum absolute atomic E-state index is 0.00250. The molecule has 0 aromatic heterocycles. The third-order valence-electron chi connectivity index (χ3n) is 2.93. The van der Waals surface area contributed by atoms with Gasteiger partial charge in [0.05, 0.1) is 26.7 Å². The summed E-state index contributed by atoms with van der Waals surface area (Å²) in [5.41, 5.74) is 0. The van der Waals surface area contributed by atoms with E-state index in [9.17, 15) is 9.59 Å². The Kier molecular flexibility index (Phi) is 6.80. The van der Waals surface area contributed by atoms with Crippen LogP contribution in [0.1, 0.15) is 20.3 Å². The number of nitrogens with zero attached hydrogens (tertiary/aromatic N) is 1. The van der Waals surface area contributed by atoms with Gasteiger partial charge in [-0.2, -0.15) is 0 Å². The molecule has 1 unspecified atom stereocenters. The smallest absolute Gasteiger partial charge is 0.307 e. The van der Waals surface area contributed by atoms with Crippen molar-refractivity contribution in [2.75, 3.05) is 40.0 Å². The van der Waals surface area contributed by atoms with Gasteiger partial charge in [-0.1, -0.05) is 13.8 Å². The van der Waals surface area contributed by atoms with Crippen molar-refractivity contribution in [3.8, 4) is 0 Å². The van der Waals surface area contributed by atoms with Crippen LogP contribution in [0.25, 0.3) is 0 Å². The third kappa shape index (κ3) is 5.57. The first-order valence-electron chi connectivity index (χ1n) is 6.71. The number of carbonyl (C=O) groups is 2. The number of amides is 1. The Bertz CT molecular complexity index is 301. The highest BCUT2D eigenvalue weighted by atomic mass is 16.5. The lowest BCUT2D eigenvalue weighted by molar-refractivity contribution is -0.142. The average Bonchev–Trinajstić information content (AvgIpc) is 2.42. The molecule has 0 radical (unpaired) electrons. The molecule has 110 valence electrons. The second kappa shape index (κ2) is 8.12. The summed E-state index contributed by atoms with van der Waals surface area (Å²) < 4.78 is 9.92. The van der Waals surface area contributed by atoms with Gasteiger partial charge < -0.3 is 19.7 Å². The molecule has 1 heterocycles. The van der Waals surface area contributed by atoms with Crippen LogP contribution in [0.5, 0.6) is 0 Å². The van der Waals surface area contributed by atoms with Crippen molar-refractivity contribution in [2.24, 2.45) is 5.92 Å². The van der Waals surface area contributed by atoms with Crippen LogP contribution in [-0.4, -0.2) is 62.8 Å². The van der Waals surface area contributed by atoms with Crippen LogP contribution in [0.2, 0.25) is 0 Å². The summed E-state index contributed by atoms with van der Waals surface area (Å²) in [6.07, 6.45) is 0.225. The molecule has 0 aromatic carbocycles. The number of ether oxygens (including phenoxy) is 2. The zero-order chi connectivity index (χ0) is 14.3. The number of morpholine rings is 1. The summed E-state index contributed by atoms with van der Waals surface area (Å²) in [7, 11) is 1.35. The maximum Gasteiger partial charge on any atom is 0.307 e. The van der Waals surface area contributed by atoms with Crippen LogP contribution >= 0.6 is 0 Å². The second-order valence-electron chi connectivity index (χ2n) is 5.09. The Morgan fingerprint density at radius 2 is 2.21 bits per heavy atom. The van der Waals surface area contributed by atoms with Gasteiger partial charge >= 0.3 is 5.97 Å². The van der Waals surface area contributed by atoms with Crippen molar-refractivity contribution < 1.29 is 19.1 Å².